The summed E-state index contributed by atoms with van der Waals surface area (Å²) in [4.78, 5) is 39.0. The number of pyridine rings is 7. The van der Waals surface area contributed by atoms with Gasteiger partial charge in [0.2, 0.25) is 0 Å². The summed E-state index contributed by atoms with van der Waals surface area (Å²) in [6.45, 7) is 13.9. The second-order valence-corrected chi connectivity index (χ2v) is 24.6. The molecule has 8 N–H and O–H groups in total. The Morgan fingerprint density at radius 1 is 0.353 bits per heavy atom. The fraction of sp³-hybridized carbons (Fsp3) is 0.0946. The Hall–Kier alpha value is -12.3. The van der Waals surface area contributed by atoms with E-state index in [-0.39, 0.29) is 0 Å². The van der Waals surface area contributed by atoms with Crippen LogP contribution < -0.4 is 21.3 Å². The molecule has 4 aromatic carbocycles. The Balaban J connectivity index is 0.000000121. The van der Waals surface area contributed by atoms with Crippen molar-refractivity contribution in [1.82, 2.24) is 85.6 Å². The molecule has 0 aliphatic carbocycles. The lowest BCUT2D eigenvalue weighted by molar-refractivity contribution is 0.624. The molecule has 0 aliphatic rings. The Morgan fingerprint density at radius 3 is 1.21 bits per heavy atom. The molecule has 0 fully saturated rings. The predicted molar refractivity (Wildman–Crippen MR) is 393 cm³/mol. The van der Waals surface area contributed by atoms with Crippen molar-refractivity contribution >= 4 is 125 Å². The zero-order valence-corrected chi connectivity index (χ0v) is 57.5. The molecule has 0 amide bonds. The highest BCUT2D eigenvalue weighted by Gasteiger charge is 2.19. The van der Waals surface area contributed by atoms with Crippen molar-refractivity contribution in [3.8, 4) is 45.2 Å². The van der Waals surface area contributed by atoms with Gasteiger partial charge in [0, 0.05) is 43.6 Å². The van der Waals surface area contributed by atoms with E-state index >= 15 is 0 Å². The summed E-state index contributed by atoms with van der Waals surface area (Å²) < 4.78 is 54.0. The van der Waals surface area contributed by atoms with Gasteiger partial charge in [-0.15, -0.1) is 0 Å². The normalized spacial score (nSPS) is 11.0. The Morgan fingerprint density at radius 2 is 0.745 bits per heavy atom. The van der Waals surface area contributed by atoms with Crippen molar-refractivity contribution in [3.63, 3.8) is 0 Å². The Kier molecular flexibility index (Phi) is 19.8. The molecule has 28 heteroatoms. The molecule has 0 atom stereocenters. The molecule has 16 aromatic rings. The number of halogens is 7. The molecule has 12 aromatic heterocycles. The summed E-state index contributed by atoms with van der Waals surface area (Å²) in [6.07, 6.45) is 4.54. The SMILES string of the molecule is Cc1cc(-c2ccccc2Cl)nc(Nc2[nH]nc3ncc(F)cc23)c1C.Cc1cc(Nc2[nH]nc3ncc(F)cc23)nc(-c2ccccc2)c1C.Cc1cc(Nc2[nH]nc3ncc(F)cc23)nc(-c2ccccc2Cl)c1.Cc1nc(-c2ccccc2Cl)nc(Nc2[nH]nc3ncc(F)cc23)c1C. The van der Waals surface area contributed by atoms with E-state index in [2.05, 4.69) is 104 Å². The van der Waals surface area contributed by atoms with Crippen molar-refractivity contribution in [3.05, 3.63) is 254 Å². The summed E-state index contributed by atoms with van der Waals surface area (Å²) in [5.74, 6) is 3.47. The van der Waals surface area contributed by atoms with Crippen molar-refractivity contribution in [2.75, 3.05) is 21.3 Å². The molecule has 0 saturated heterocycles. The van der Waals surface area contributed by atoms with Crippen molar-refractivity contribution in [2.24, 2.45) is 0 Å². The summed E-state index contributed by atoms with van der Waals surface area (Å²) in [5, 5.41) is 44.5. The highest BCUT2D eigenvalue weighted by molar-refractivity contribution is 6.34. The van der Waals surface area contributed by atoms with E-state index in [4.69, 9.17) is 44.8 Å². The van der Waals surface area contributed by atoms with Crippen LogP contribution in [0.1, 0.15) is 39.1 Å². The molecule has 21 nitrogen and oxygen atoms in total. The molecule has 0 spiro atoms. The van der Waals surface area contributed by atoms with Gasteiger partial charge in [-0.25, -0.2) is 62.4 Å². The maximum absolute atomic E-state index is 13.5. The average Bonchev–Trinajstić information content (AvgIpc) is 1.35. The minimum Gasteiger partial charge on any atom is -0.325 e. The highest BCUT2D eigenvalue weighted by Crippen LogP contribution is 2.36. The topological polar surface area (TPSA) is 279 Å². The molecule has 12 heterocycles. The molecule has 16 rings (SSSR count). The number of hydrogen-bond acceptors (Lipinski definition) is 17. The van der Waals surface area contributed by atoms with Gasteiger partial charge >= 0.3 is 0 Å². The minimum absolute atomic E-state index is 0.407. The van der Waals surface area contributed by atoms with Gasteiger partial charge in [0.15, 0.2) is 28.4 Å². The largest absolute Gasteiger partial charge is 0.325 e. The third kappa shape index (κ3) is 15.1. The monoisotopic (exact) mass is 1420 g/mol. The number of fused-ring (bicyclic) bond motifs is 4. The number of benzene rings is 4. The van der Waals surface area contributed by atoms with E-state index in [1.807, 2.05) is 163 Å². The van der Waals surface area contributed by atoms with Gasteiger partial charge in [-0.05, 0) is 149 Å². The van der Waals surface area contributed by atoms with E-state index in [0.29, 0.717) is 112 Å². The van der Waals surface area contributed by atoms with Crippen molar-refractivity contribution < 1.29 is 17.6 Å². The van der Waals surface area contributed by atoms with Crippen LogP contribution in [0.2, 0.25) is 15.1 Å². The Labute approximate surface area is 594 Å². The van der Waals surface area contributed by atoms with Crippen LogP contribution in [-0.4, -0.2) is 85.6 Å². The lowest BCUT2D eigenvalue weighted by Crippen LogP contribution is -2.04. The van der Waals surface area contributed by atoms with E-state index in [1.54, 1.807) is 6.07 Å². The van der Waals surface area contributed by atoms with Gasteiger partial charge in [0.25, 0.3) is 0 Å². The predicted octanol–water partition coefficient (Wildman–Crippen LogP) is 19.1. The summed E-state index contributed by atoms with van der Waals surface area (Å²) in [6, 6.07) is 45.8. The van der Waals surface area contributed by atoms with Gasteiger partial charge in [0.1, 0.15) is 69.8 Å². The van der Waals surface area contributed by atoms with Crippen LogP contribution in [-0.2, 0) is 0 Å². The minimum atomic E-state index is -0.436. The maximum Gasteiger partial charge on any atom is 0.183 e. The van der Waals surface area contributed by atoms with Gasteiger partial charge < -0.3 is 21.3 Å². The number of rotatable bonds is 12. The lowest BCUT2D eigenvalue weighted by Gasteiger charge is -2.13. The fourth-order valence-corrected chi connectivity index (χ4v) is 11.5. The van der Waals surface area contributed by atoms with E-state index < -0.39 is 23.3 Å². The van der Waals surface area contributed by atoms with Gasteiger partial charge in [-0.3, -0.25) is 20.4 Å². The number of aryl methyl sites for hydroxylation is 4. The standard InChI is InChI=1S/C19H15ClFN5.C19H16FN5.C18H14ClFN6.C18H13ClFN5/c1-10-7-16(13-5-3-4-6-15(13)20)23-17(11(10)2)24-19-14-8-12(21)9-22-18(14)25-26-19;1-11-8-16(22-17(12(11)2)13-6-4-3-5-7-13)23-19-15-9-14(20)10-21-18(15)24-25-19;1-9-10(2)22-17(12-5-3-4-6-14(12)19)23-15(9)24-18-13-7-11(20)8-21-16(13)25-26-18;1-10-6-15(12-4-2-3-5-14(12)19)22-16(7-10)23-18-13-8-11(20)9-21-17(13)24-25-18/h3-9H,1-2H3,(H2,22,23,24,25,26);3-10H,1-2H3,(H2,21,22,23,24,25);3-8H,1-2H3,(H2,21,22,23,24,25,26);2-9H,1H3,(H2,21,22,23,24,25). The Bertz CT molecular complexity index is 5610. The van der Waals surface area contributed by atoms with E-state index in [0.717, 1.165) is 103 Å². The zero-order chi connectivity index (χ0) is 71.3. The third-order valence-electron chi connectivity index (χ3n) is 16.4. The summed E-state index contributed by atoms with van der Waals surface area (Å²) in [7, 11) is 0. The van der Waals surface area contributed by atoms with Crippen LogP contribution >= 0.6 is 34.8 Å². The summed E-state index contributed by atoms with van der Waals surface area (Å²) in [5.41, 5.74) is 14.6. The highest BCUT2D eigenvalue weighted by atomic mass is 35.5. The molecule has 0 bridgehead atoms. The van der Waals surface area contributed by atoms with E-state index in [9.17, 15) is 17.6 Å². The number of H-pyrrole nitrogens is 4. The van der Waals surface area contributed by atoms with Crippen LogP contribution in [0.3, 0.4) is 0 Å². The third-order valence-corrected chi connectivity index (χ3v) is 17.4. The smallest absolute Gasteiger partial charge is 0.183 e. The number of hydrogen-bond donors (Lipinski definition) is 8. The van der Waals surface area contributed by atoms with Crippen LogP contribution in [0.4, 0.5) is 64.1 Å². The van der Waals surface area contributed by atoms with Crippen molar-refractivity contribution in [2.45, 2.75) is 48.5 Å². The molecule has 508 valence electrons. The van der Waals surface area contributed by atoms with Crippen molar-refractivity contribution in [1.29, 1.82) is 0 Å². The molecule has 0 aliphatic heterocycles. The lowest BCUT2D eigenvalue weighted by atomic mass is 10.0. The molecule has 0 saturated carbocycles. The molecular weight excluding hydrogens is 1370 g/mol. The van der Waals surface area contributed by atoms with Gasteiger partial charge in [0.05, 0.1) is 68.4 Å². The fourth-order valence-electron chi connectivity index (χ4n) is 10.8. The second kappa shape index (κ2) is 29.6. The first kappa shape index (κ1) is 68.2. The molecule has 0 unspecified atom stereocenters. The molecule has 102 heavy (non-hydrogen) atoms. The number of aromatic nitrogens is 17. The first-order chi connectivity index (χ1) is 49.3. The zero-order valence-electron chi connectivity index (χ0n) is 55.2. The number of anilines is 8. The quantitative estimate of drug-likeness (QED) is 0.0528. The molecule has 0 radical (unpaired) electrons. The van der Waals surface area contributed by atoms with Crippen LogP contribution in [0.15, 0.2) is 176 Å². The second-order valence-electron chi connectivity index (χ2n) is 23.4. The number of nitrogens with zero attached hydrogens (tertiary/aromatic N) is 13. The molecular formula is C74H58Cl3F4N21. The van der Waals surface area contributed by atoms with Gasteiger partial charge in [-0.1, -0.05) is 114 Å². The summed E-state index contributed by atoms with van der Waals surface area (Å²) >= 11 is 18.9. The number of nitrogens with one attached hydrogen (secondary N) is 8. The van der Waals surface area contributed by atoms with E-state index in [1.165, 1.54) is 24.3 Å². The first-order valence-corrected chi connectivity index (χ1v) is 32.6. The van der Waals surface area contributed by atoms with Crippen LogP contribution in [0.5, 0.6) is 0 Å². The number of aromatic amines is 4. The van der Waals surface area contributed by atoms with Crippen LogP contribution in [0.25, 0.3) is 89.3 Å². The first-order valence-electron chi connectivity index (χ1n) is 31.4. The van der Waals surface area contributed by atoms with Gasteiger partial charge in [-0.2, -0.15) is 20.4 Å². The van der Waals surface area contributed by atoms with Crippen LogP contribution in [0, 0.1) is 71.7 Å². The average molecular weight is 1420 g/mol. The maximum atomic E-state index is 13.5.